The fourth-order valence-corrected chi connectivity index (χ4v) is 3.29. The fourth-order valence-electron chi connectivity index (χ4n) is 3.10. The molecule has 1 unspecified atom stereocenters. The Kier molecular flexibility index (Phi) is 5.56. The van der Waals surface area contributed by atoms with Gasteiger partial charge in [-0.3, -0.25) is 0 Å². The van der Waals surface area contributed by atoms with Crippen LogP contribution < -0.4 is 10.1 Å². The lowest BCUT2D eigenvalue weighted by Crippen LogP contribution is -2.37. The van der Waals surface area contributed by atoms with Crippen LogP contribution in [0.3, 0.4) is 0 Å². The second-order valence-corrected chi connectivity index (χ2v) is 7.52. The third-order valence-corrected chi connectivity index (χ3v) is 4.72. The molecule has 0 saturated heterocycles. The molecule has 1 saturated carbocycles. The van der Waals surface area contributed by atoms with Crippen molar-refractivity contribution < 1.29 is 4.74 Å². The Morgan fingerprint density at radius 2 is 2.10 bits per heavy atom. The van der Waals surface area contributed by atoms with Gasteiger partial charge in [0.05, 0.1) is 7.11 Å². The van der Waals surface area contributed by atoms with E-state index in [2.05, 4.69) is 32.2 Å². The normalized spacial score (nSPS) is 17.8. The lowest BCUT2D eigenvalue weighted by atomic mass is 9.78. The second kappa shape index (κ2) is 7.02. The molecule has 0 aromatic heterocycles. The molecule has 2 nitrogen and oxygen atoms in total. The van der Waals surface area contributed by atoms with E-state index in [1.54, 1.807) is 7.11 Å². The Morgan fingerprint density at radius 3 is 2.67 bits per heavy atom. The minimum atomic E-state index is 0.285. The molecule has 0 aliphatic heterocycles. The molecule has 0 heterocycles. The van der Waals surface area contributed by atoms with Gasteiger partial charge in [0.15, 0.2) is 0 Å². The molecule has 1 N–H and O–H groups in total. The molecular weight excluding hydrogens is 282 g/mol. The van der Waals surface area contributed by atoms with Crippen LogP contribution in [-0.2, 0) is 6.42 Å². The van der Waals surface area contributed by atoms with E-state index < -0.39 is 0 Å². The van der Waals surface area contributed by atoms with E-state index in [4.69, 9.17) is 16.3 Å². The quantitative estimate of drug-likeness (QED) is 0.760. The van der Waals surface area contributed by atoms with Crippen LogP contribution in [0.1, 0.15) is 39.2 Å². The van der Waals surface area contributed by atoms with Gasteiger partial charge < -0.3 is 10.1 Å². The van der Waals surface area contributed by atoms with Crippen LogP contribution in [0.25, 0.3) is 0 Å². The maximum atomic E-state index is 6.17. The zero-order valence-corrected chi connectivity index (χ0v) is 14.5. The van der Waals surface area contributed by atoms with Gasteiger partial charge in [-0.15, -0.1) is 0 Å². The summed E-state index contributed by atoms with van der Waals surface area (Å²) >= 11 is 6.17. The highest BCUT2D eigenvalue weighted by Crippen LogP contribution is 2.48. The monoisotopic (exact) mass is 309 g/mol. The van der Waals surface area contributed by atoms with E-state index in [0.29, 0.717) is 5.92 Å². The molecule has 1 atom stereocenters. The number of nitrogens with one attached hydrogen (secondary N) is 1. The molecule has 21 heavy (non-hydrogen) atoms. The van der Waals surface area contributed by atoms with Crippen molar-refractivity contribution in [2.45, 2.75) is 40.0 Å². The Morgan fingerprint density at radius 1 is 1.38 bits per heavy atom. The number of ether oxygens (including phenoxy) is 1. The van der Waals surface area contributed by atoms with Crippen molar-refractivity contribution in [2.75, 3.05) is 20.2 Å². The van der Waals surface area contributed by atoms with Crippen LogP contribution in [0.4, 0.5) is 0 Å². The third kappa shape index (κ3) is 4.62. The van der Waals surface area contributed by atoms with Crippen molar-refractivity contribution >= 4 is 11.6 Å². The highest BCUT2D eigenvalue weighted by atomic mass is 35.5. The number of benzene rings is 1. The molecule has 1 aliphatic carbocycles. The van der Waals surface area contributed by atoms with Gasteiger partial charge in [-0.2, -0.15) is 0 Å². The van der Waals surface area contributed by atoms with Gasteiger partial charge in [0.1, 0.15) is 5.75 Å². The lowest BCUT2D eigenvalue weighted by molar-refractivity contribution is 0.249. The Labute approximate surface area is 134 Å². The molecule has 1 fully saturated rings. The predicted molar refractivity (Wildman–Crippen MR) is 90.2 cm³/mol. The summed E-state index contributed by atoms with van der Waals surface area (Å²) in [6, 6.07) is 5.94. The standard InChI is InChI=1S/C18H28ClNO/c1-13(2)11-20-12-18(3,15-5-6-15)10-14-9-16(19)7-8-17(14)21-4/h7-9,13,15,20H,5-6,10-12H2,1-4H3. The van der Waals surface area contributed by atoms with Crippen molar-refractivity contribution in [3.05, 3.63) is 28.8 Å². The van der Waals surface area contributed by atoms with Crippen molar-refractivity contribution in [2.24, 2.45) is 17.3 Å². The second-order valence-electron chi connectivity index (χ2n) is 7.09. The lowest BCUT2D eigenvalue weighted by Gasteiger charge is -2.31. The summed E-state index contributed by atoms with van der Waals surface area (Å²) < 4.78 is 5.51. The summed E-state index contributed by atoms with van der Waals surface area (Å²) in [4.78, 5) is 0. The van der Waals surface area contributed by atoms with Gasteiger partial charge in [-0.1, -0.05) is 32.4 Å². The third-order valence-electron chi connectivity index (χ3n) is 4.48. The molecule has 3 heteroatoms. The van der Waals surface area contributed by atoms with Gasteiger partial charge in [0, 0.05) is 11.6 Å². The summed E-state index contributed by atoms with van der Waals surface area (Å²) in [5.41, 5.74) is 1.51. The van der Waals surface area contributed by atoms with E-state index in [-0.39, 0.29) is 5.41 Å². The first-order valence-electron chi connectivity index (χ1n) is 7.98. The SMILES string of the molecule is COc1ccc(Cl)cc1CC(C)(CNCC(C)C)C1CC1. The molecule has 0 amide bonds. The number of rotatable bonds is 8. The van der Waals surface area contributed by atoms with Crippen LogP contribution in [0.5, 0.6) is 5.75 Å². The van der Waals surface area contributed by atoms with Crippen LogP contribution in [0.2, 0.25) is 5.02 Å². The summed E-state index contributed by atoms with van der Waals surface area (Å²) in [5, 5.41) is 4.44. The van der Waals surface area contributed by atoms with Crippen molar-refractivity contribution in [3.8, 4) is 5.75 Å². The fraction of sp³-hybridized carbons (Fsp3) is 0.667. The molecule has 1 aromatic rings. The molecule has 0 spiro atoms. The van der Waals surface area contributed by atoms with Gasteiger partial charge in [-0.25, -0.2) is 0 Å². The Bertz CT molecular complexity index is 470. The van der Waals surface area contributed by atoms with Crippen LogP contribution in [0, 0.1) is 17.3 Å². The highest BCUT2D eigenvalue weighted by molar-refractivity contribution is 6.30. The minimum Gasteiger partial charge on any atom is -0.496 e. The van der Waals surface area contributed by atoms with E-state index in [9.17, 15) is 0 Å². The average Bonchev–Trinajstić information content (AvgIpc) is 3.23. The van der Waals surface area contributed by atoms with E-state index in [1.807, 2.05) is 12.1 Å². The smallest absolute Gasteiger partial charge is 0.122 e. The summed E-state index contributed by atoms with van der Waals surface area (Å²) in [6.07, 6.45) is 3.72. The summed E-state index contributed by atoms with van der Waals surface area (Å²) in [6.45, 7) is 9.04. The van der Waals surface area contributed by atoms with Gasteiger partial charge in [-0.05, 0) is 66.8 Å². The van der Waals surface area contributed by atoms with E-state index in [0.717, 1.165) is 36.2 Å². The average molecular weight is 310 g/mol. The highest BCUT2D eigenvalue weighted by Gasteiger charge is 2.41. The largest absolute Gasteiger partial charge is 0.496 e. The minimum absolute atomic E-state index is 0.285. The number of halogens is 1. The maximum absolute atomic E-state index is 6.17. The molecule has 1 aromatic carbocycles. The summed E-state index contributed by atoms with van der Waals surface area (Å²) in [5.74, 6) is 2.46. The molecule has 0 bridgehead atoms. The number of hydrogen-bond donors (Lipinski definition) is 1. The van der Waals surface area contributed by atoms with Gasteiger partial charge in [0.25, 0.3) is 0 Å². The predicted octanol–water partition coefficient (Wildman–Crippen LogP) is 4.55. The number of hydrogen-bond acceptors (Lipinski definition) is 2. The Balaban J connectivity index is 2.10. The zero-order chi connectivity index (χ0) is 15.5. The van der Waals surface area contributed by atoms with E-state index in [1.165, 1.54) is 18.4 Å². The zero-order valence-electron chi connectivity index (χ0n) is 13.7. The number of methoxy groups -OCH3 is 1. The summed E-state index contributed by atoms with van der Waals surface area (Å²) in [7, 11) is 1.73. The first-order valence-corrected chi connectivity index (χ1v) is 8.35. The van der Waals surface area contributed by atoms with Crippen molar-refractivity contribution in [1.29, 1.82) is 0 Å². The van der Waals surface area contributed by atoms with Crippen LogP contribution in [-0.4, -0.2) is 20.2 Å². The van der Waals surface area contributed by atoms with Gasteiger partial charge in [0.2, 0.25) is 0 Å². The molecule has 2 rings (SSSR count). The molecular formula is C18H28ClNO. The van der Waals surface area contributed by atoms with Crippen LogP contribution in [0.15, 0.2) is 18.2 Å². The van der Waals surface area contributed by atoms with Crippen molar-refractivity contribution in [3.63, 3.8) is 0 Å². The molecule has 118 valence electrons. The van der Waals surface area contributed by atoms with Crippen molar-refractivity contribution in [1.82, 2.24) is 5.32 Å². The molecule has 0 radical (unpaired) electrons. The Hall–Kier alpha value is -0.730. The maximum Gasteiger partial charge on any atom is 0.122 e. The molecule has 1 aliphatic rings. The van der Waals surface area contributed by atoms with Gasteiger partial charge >= 0.3 is 0 Å². The van der Waals surface area contributed by atoms with E-state index >= 15 is 0 Å². The first kappa shape index (κ1) is 16.6. The van der Waals surface area contributed by atoms with Crippen LogP contribution >= 0.6 is 11.6 Å². The topological polar surface area (TPSA) is 21.3 Å². The first-order chi connectivity index (χ1) is 9.94.